The first-order valence-electron chi connectivity index (χ1n) is 10.6. The number of esters is 1. The number of amides is 3. The smallest absolute Gasteiger partial charge is 0.409 e. The zero-order chi connectivity index (χ0) is 23.6. The fraction of sp³-hybridized carbons (Fsp3) is 0.455. The average molecular weight is 493 g/mol. The van der Waals surface area contributed by atoms with Gasteiger partial charge in [0.15, 0.2) is 5.13 Å². The molecule has 1 N–H and O–H groups in total. The molecule has 1 fully saturated rings. The van der Waals surface area contributed by atoms with Crippen molar-refractivity contribution in [3.63, 3.8) is 0 Å². The van der Waals surface area contributed by atoms with E-state index in [0.717, 1.165) is 16.1 Å². The molecule has 9 nitrogen and oxygen atoms in total. The third kappa shape index (κ3) is 4.77. The highest BCUT2D eigenvalue weighted by Crippen LogP contribution is 2.47. The van der Waals surface area contributed by atoms with E-state index in [2.05, 4.69) is 15.0 Å². The number of anilines is 2. The van der Waals surface area contributed by atoms with Crippen molar-refractivity contribution >= 4 is 51.9 Å². The number of benzene rings is 1. The molecule has 2 aliphatic rings. The van der Waals surface area contributed by atoms with Gasteiger partial charge in [-0.15, -0.1) is 11.3 Å². The highest BCUT2D eigenvalue weighted by Gasteiger charge is 2.50. The highest BCUT2D eigenvalue weighted by atomic mass is 35.5. The molecule has 176 valence electrons. The van der Waals surface area contributed by atoms with Gasteiger partial charge in [0.1, 0.15) is 0 Å². The number of carbonyl (C=O) groups excluding carboxylic acids is 3. The van der Waals surface area contributed by atoms with E-state index in [4.69, 9.17) is 16.3 Å². The summed E-state index contributed by atoms with van der Waals surface area (Å²) in [6.45, 7) is 1.44. The van der Waals surface area contributed by atoms with Gasteiger partial charge in [-0.1, -0.05) is 11.6 Å². The Balaban J connectivity index is 1.47. The predicted octanol–water partition coefficient (Wildman–Crippen LogP) is 4.05. The number of ether oxygens (including phenoxy) is 2. The van der Waals surface area contributed by atoms with Crippen molar-refractivity contribution in [2.75, 3.05) is 44.1 Å². The topological polar surface area (TPSA) is 101 Å². The van der Waals surface area contributed by atoms with Crippen molar-refractivity contribution in [2.24, 2.45) is 0 Å². The molecule has 33 heavy (non-hydrogen) atoms. The second-order valence-corrected chi connectivity index (χ2v) is 9.71. The van der Waals surface area contributed by atoms with Crippen LogP contribution in [0.15, 0.2) is 24.4 Å². The van der Waals surface area contributed by atoms with E-state index >= 15 is 0 Å². The molecule has 11 heteroatoms. The van der Waals surface area contributed by atoms with Crippen LogP contribution in [0.3, 0.4) is 0 Å². The molecule has 1 aromatic heterocycles. The van der Waals surface area contributed by atoms with Crippen molar-refractivity contribution in [3.8, 4) is 0 Å². The van der Waals surface area contributed by atoms with E-state index in [1.807, 2.05) is 12.1 Å². The number of fused-ring (bicyclic) bond motifs is 2. The Labute approximate surface area is 200 Å². The summed E-state index contributed by atoms with van der Waals surface area (Å²) in [7, 11) is 2.74. The van der Waals surface area contributed by atoms with Gasteiger partial charge in [-0.3, -0.25) is 15.0 Å². The zero-order valence-electron chi connectivity index (χ0n) is 18.4. The van der Waals surface area contributed by atoms with E-state index in [1.54, 1.807) is 22.1 Å². The number of hydrogen-bond donors (Lipinski definition) is 1. The Kier molecular flexibility index (Phi) is 6.76. The molecule has 1 atom stereocenters. The number of thiazole rings is 1. The number of likely N-dealkylation sites (tertiary alicyclic amines) is 1. The zero-order valence-corrected chi connectivity index (χ0v) is 20.0. The van der Waals surface area contributed by atoms with Crippen LogP contribution in [0.1, 0.15) is 29.7 Å². The molecule has 0 saturated carbocycles. The first-order valence-corrected chi connectivity index (χ1v) is 11.8. The lowest BCUT2D eigenvalue weighted by atomic mass is 9.81. The van der Waals surface area contributed by atoms with Crippen LogP contribution >= 0.6 is 22.9 Å². The van der Waals surface area contributed by atoms with Crippen molar-refractivity contribution in [1.29, 1.82) is 0 Å². The quantitative estimate of drug-likeness (QED) is 0.632. The summed E-state index contributed by atoms with van der Waals surface area (Å²) in [6.07, 6.45) is 3.72. The fourth-order valence-corrected chi connectivity index (χ4v) is 5.49. The minimum Gasteiger partial charge on any atom is -0.469 e. The predicted molar refractivity (Wildman–Crippen MR) is 125 cm³/mol. The molecule has 4 rings (SSSR count). The van der Waals surface area contributed by atoms with Gasteiger partial charge in [-0.2, -0.15) is 0 Å². The lowest BCUT2D eigenvalue weighted by molar-refractivity contribution is -0.140. The Morgan fingerprint density at radius 2 is 2.06 bits per heavy atom. The largest absolute Gasteiger partial charge is 0.469 e. The SMILES string of the molecule is COC(=O)CCCc1cnc(NC(=O)N2CC3(CCN(C(=O)OC)C3)c3cc(Cl)ccc32)s1. The summed E-state index contributed by atoms with van der Waals surface area (Å²) in [5.41, 5.74) is 1.34. The lowest BCUT2D eigenvalue weighted by Crippen LogP contribution is -2.41. The molecule has 1 aromatic carbocycles. The molecule has 2 aromatic rings. The third-order valence-corrected chi connectivity index (χ3v) is 7.32. The van der Waals surface area contributed by atoms with E-state index in [1.165, 1.54) is 25.6 Å². The molecule has 0 bridgehead atoms. The molecule has 3 heterocycles. The second kappa shape index (κ2) is 9.56. The molecule has 0 radical (unpaired) electrons. The Morgan fingerprint density at radius 3 is 2.82 bits per heavy atom. The minimum atomic E-state index is -0.395. The molecular formula is C22H25ClN4O5S. The van der Waals surface area contributed by atoms with Crippen LogP contribution in [-0.2, 0) is 26.1 Å². The minimum absolute atomic E-state index is 0.243. The Hall–Kier alpha value is -2.85. The molecular weight excluding hydrogens is 468 g/mol. The van der Waals surface area contributed by atoms with Crippen LogP contribution in [0.25, 0.3) is 0 Å². The number of halogens is 1. The number of aryl methyl sites for hydroxylation is 1. The fourth-order valence-electron chi connectivity index (χ4n) is 4.48. The van der Waals surface area contributed by atoms with E-state index < -0.39 is 5.41 Å². The van der Waals surface area contributed by atoms with E-state index in [9.17, 15) is 14.4 Å². The van der Waals surface area contributed by atoms with Gasteiger partial charge in [0, 0.05) is 53.3 Å². The third-order valence-electron chi connectivity index (χ3n) is 6.11. The van der Waals surface area contributed by atoms with Crippen LogP contribution in [0.5, 0.6) is 0 Å². The Morgan fingerprint density at radius 1 is 1.24 bits per heavy atom. The number of carbonyl (C=O) groups is 3. The first kappa shape index (κ1) is 23.3. The number of aromatic nitrogens is 1. The van der Waals surface area contributed by atoms with E-state index in [-0.39, 0.29) is 18.1 Å². The maximum absolute atomic E-state index is 13.2. The van der Waals surface area contributed by atoms with Gasteiger partial charge in [-0.05, 0) is 43.0 Å². The monoisotopic (exact) mass is 492 g/mol. The number of urea groups is 1. The number of hydrogen-bond acceptors (Lipinski definition) is 7. The Bertz CT molecular complexity index is 1080. The van der Waals surface area contributed by atoms with Gasteiger partial charge >= 0.3 is 18.1 Å². The van der Waals surface area contributed by atoms with Gasteiger partial charge in [0.25, 0.3) is 0 Å². The van der Waals surface area contributed by atoms with Gasteiger partial charge in [0.05, 0.1) is 14.2 Å². The van der Waals surface area contributed by atoms with Crippen molar-refractivity contribution in [3.05, 3.63) is 39.9 Å². The lowest BCUT2D eigenvalue weighted by Gasteiger charge is -2.25. The van der Waals surface area contributed by atoms with Crippen molar-refractivity contribution < 1.29 is 23.9 Å². The number of nitrogens with zero attached hydrogens (tertiary/aromatic N) is 3. The maximum atomic E-state index is 13.2. The van der Waals surface area contributed by atoms with Gasteiger partial charge < -0.3 is 14.4 Å². The number of methoxy groups -OCH3 is 2. The molecule has 3 amide bonds. The van der Waals surface area contributed by atoms with Crippen LogP contribution in [0.2, 0.25) is 5.02 Å². The average Bonchev–Trinajstić information content (AvgIpc) is 3.52. The van der Waals surface area contributed by atoms with Crippen LogP contribution in [-0.4, -0.2) is 61.8 Å². The molecule has 1 saturated heterocycles. The summed E-state index contributed by atoms with van der Waals surface area (Å²) in [6, 6.07) is 5.19. The second-order valence-electron chi connectivity index (χ2n) is 8.16. The van der Waals surface area contributed by atoms with Gasteiger partial charge in [-0.25, -0.2) is 14.6 Å². The van der Waals surface area contributed by atoms with Crippen LogP contribution in [0.4, 0.5) is 20.4 Å². The maximum Gasteiger partial charge on any atom is 0.409 e. The van der Waals surface area contributed by atoms with Crippen LogP contribution in [0, 0.1) is 0 Å². The molecule has 1 unspecified atom stereocenters. The summed E-state index contributed by atoms with van der Waals surface area (Å²) in [5.74, 6) is -0.243. The van der Waals surface area contributed by atoms with Gasteiger partial charge in [0.2, 0.25) is 0 Å². The first-order chi connectivity index (χ1) is 15.8. The number of rotatable bonds is 5. The van der Waals surface area contributed by atoms with Crippen LogP contribution < -0.4 is 10.2 Å². The number of nitrogens with one attached hydrogen (secondary N) is 1. The molecule has 1 spiro atoms. The summed E-state index contributed by atoms with van der Waals surface area (Å²) < 4.78 is 9.54. The van der Waals surface area contributed by atoms with Crippen molar-refractivity contribution in [1.82, 2.24) is 9.88 Å². The van der Waals surface area contributed by atoms with E-state index in [0.29, 0.717) is 55.5 Å². The highest BCUT2D eigenvalue weighted by molar-refractivity contribution is 7.15. The molecule has 0 aliphatic carbocycles. The summed E-state index contributed by atoms with van der Waals surface area (Å²) >= 11 is 7.66. The molecule has 2 aliphatic heterocycles. The summed E-state index contributed by atoms with van der Waals surface area (Å²) in [4.78, 5) is 45.2. The normalized spacial score (nSPS) is 19.0. The van der Waals surface area contributed by atoms with Crippen molar-refractivity contribution in [2.45, 2.75) is 31.1 Å². The summed E-state index contributed by atoms with van der Waals surface area (Å²) in [5, 5.41) is 3.97. The standard InChI is InChI=1S/C22H25ClN4O5S/c1-31-18(28)5-3-4-15-11-24-19(33-15)25-20(29)27-13-22(8-9-26(12-22)21(30)32-2)16-10-14(23)6-7-17(16)27/h6-7,10-11H,3-5,8-9,12-13H2,1-2H3,(H,24,25,29).